The van der Waals surface area contributed by atoms with Crippen LogP contribution in [0.15, 0.2) is 30.3 Å². The van der Waals surface area contributed by atoms with Crippen LogP contribution in [-0.4, -0.2) is 35.9 Å². The summed E-state index contributed by atoms with van der Waals surface area (Å²) in [6.45, 7) is 1.83. The highest BCUT2D eigenvalue weighted by atomic mass is 35.5. The molecule has 0 bridgehead atoms. The normalized spacial score (nSPS) is 16.3. The van der Waals surface area contributed by atoms with E-state index in [2.05, 4.69) is 10.6 Å². The summed E-state index contributed by atoms with van der Waals surface area (Å²) < 4.78 is 5.27. The molecule has 1 aliphatic carbocycles. The van der Waals surface area contributed by atoms with Crippen LogP contribution in [0.1, 0.15) is 58.4 Å². The number of amides is 4. The number of nitrogens with one attached hydrogen (secondary N) is 2. The van der Waals surface area contributed by atoms with Crippen LogP contribution >= 0.6 is 11.6 Å². The van der Waals surface area contributed by atoms with Crippen molar-refractivity contribution in [1.29, 1.82) is 0 Å². The number of fused-ring (bicyclic) bond motifs is 1. The fourth-order valence-electron chi connectivity index (χ4n) is 4.22. The van der Waals surface area contributed by atoms with Gasteiger partial charge in [0.1, 0.15) is 5.75 Å². The van der Waals surface area contributed by atoms with Gasteiger partial charge >= 0.3 is 6.03 Å². The monoisotopic (exact) mass is 441 g/mol. The molecule has 162 valence electrons. The van der Waals surface area contributed by atoms with Crippen LogP contribution < -0.4 is 15.4 Å². The van der Waals surface area contributed by atoms with Gasteiger partial charge in [-0.3, -0.25) is 14.5 Å². The number of halogens is 1. The van der Waals surface area contributed by atoms with Crippen molar-refractivity contribution in [3.63, 3.8) is 0 Å². The quantitative estimate of drug-likeness (QED) is 0.636. The van der Waals surface area contributed by atoms with Gasteiger partial charge in [0.05, 0.1) is 23.9 Å². The van der Waals surface area contributed by atoms with Gasteiger partial charge in [-0.1, -0.05) is 30.9 Å². The van der Waals surface area contributed by atoms with Gasteiger partial charge in [0.25, 0.3) is 11.8 Å². The Bertz CT molecular complexity index is 1060. The number of anilines is 2. The molecule has 1 fully saturated rings. The summed E-state index contributed by atoms with van der Waals surface area (Å²) >= 11 is 6.11. The molecular weight excluding hydrogens is 418 g/mol. The van der Waals surface area contributed by atoms with Crippen LogP contribution in [0.25, 0.3) is 0 Å². The van der Waals surface area contributed by atoms with Gasteiger partial charge in [0.15, 0.2) is 0 Å². The predicted octanol–water partition coefficient (Wildman–Crippen LogP) is 5.23. The van der Waals surface area contributed by atoms with E-state index in [9.17, 15) is 14.4 Å². The molecule has 0 radical (unpaired) electrons. The van der Waals surface area contributed by atoms with Gasteiger partial charge in [0, 0.05) is 22.8 Å². The van der Waals surface area contributed by atoms with Gasteiger partial charge < -0.3 is 15.4 Å². The molecule has 4 rings (SSSR count). The molecule has 2 aromatic carbocycles. The molecule has 2 aliphatic rings. The number of imide groups is 1. The molecule has 7 nitrogen and oxygen atoms in total. The van der Waals surface area contributed by atoms with Crippen LogP contribution in [-0.2, 0) is 0 Å². The lowest BCUT2D eigenvalue weighted by Gasteiger charge is -2.29. The predicted molar refractivity (Wildman–Crippen MR) is 119 cm³/mol. The number of ether oxygens (including phenoxy) is 1. The first kappa shape index (κ1) is 21.2. The lowest BCUT2D eigenvalue weighted by Crippen LogP contribution is -2.40. The Balaban J connectivity index is 1.50. The van der Waals surface area contributed by atoms with E-state index in [0.29, 0.717) is 33.3 Å². The van der Waals surface area contributed by atoms with E-state index in [1.165, 1.54) is 12.0 Å². The van der Waals surface area contributed by atoms with Gasteiger partial charge in [-0.05, 0) is 49.6 Å². The smallest absolute Gasteiger partial charge is 0.323 e. The zero-order chi connectivity index (χ0) is 22.1. The number of benzene rings is 2. The van der Waals surface area contributed by atoms with Crippen LogP contribution in [0.2, 0.25) is 5.02 Å². The molecule has 0 unspecified atom stereocenters. The number of carbonyl (C=O) groups is 3. The second-order valence-corrected chi connectivity index (χ2v) is 8.32. The maximum absolute atomic E-state index is 12.9. The summed E-state index contributed by atoms with van der Waals surface area (Å²) in [6.07, 6.45) is 4.89. The molecule has 0 spiro atoms. The van der Waals surface area contributed by atoms with Crippen molar-refractivity contribution in [2.45, 2.75) is 45.1 Å². The fourth-order valence-corrected chi connectivity index (χ4v) is 4.38. The lowest BCUT2D eigenvalue weighted by atomic mass is 9.94. The third kappa shape index (κ3) is 4.10. The van der Waals surface area contributed by atoms with Crippen LogP contribution in [0.4, 0.5) is 16.2 Å². The minimum Gasteiger partial charge on any atom is -0.495 e. The van der Waals surface area contributed by atoms with Crippen LogP contribution in [0.3, 0.4) is 0 Å². The molecule has 1 saturated carbocycles. The molecule has 8 heteroatoms. The Labute approximate surface area is 185 Å². The Hall–Kier alpha value is -3.06. The number of methoxy groups -OCH3 is 1. The maximum atomic E-state index is 12.9. The molecule has 4 amide bonds. The highest BCUT2D eigenvalue weighted by Gasteiger charge is 2.40. The fraction of sp³-hybridized carbons (Fsp3) is 0.348. The van der Waals surface area contributed by atoms with Crippen molar-refractivity contribution in [3.05, 3.63) is 52.0 Å². The summed E-state index contributed by atoms with van der Waals surface area (Å²) in [7, 11) is 1.49. The maximum Gasteiger partial charge on any atom is 0.323 e. The Kier molecular flexibility index (Phi) is 5.87. The minimum atomic E-state index is -0.499. The Morgan fingerprint density at radius 1 is 1.03 bits per heavy atom. The average molecular weight is 442 g/mol. The molecule has 2 N–H and O–H groups in total. The summed E-state index contributed by atoms with van der Waals surface area (Å²) in [5, 5.41) is 5.98. The molecular formula is C23H24ClN3O4. The van der Waals surface area contributed by atoms with Gasteiger partial charge in [-0.2, -0.15) is 0 Å². The minimum absolute atomic E-state index is 0.0403. The van der Waals surface area contributed by atoms with Crippen molar-refractivity contribution in [2.75, 3.05) is 17.7 Å². The van der Waals surface area contributed by atoms with E-state index in [1.807, 2.05) is 6.92 Å². The lowest BCUT2D eigenvalue weighted by molar-refractivity contribution is 0.0549. The van der Waals surface area contributed by atoms with E-state index in [0.717, 1.165) is 37.7 Å². The largest absolute Gasteiger partial charge is 0.495 e. The number of hydrogen-bond acceptors (Lipinski definition) is 4. The topological polar surface area (TPSA) is 87.7 Å². The van der Waals surface area contributed by atoms with Gasteiger partial charge in [-0.15, -0.1) is 0 Å². The van der Waals surface area contributed by atoms with Crippen molar-refractivity contribution >= 4 is 40.8 Å². The number of nitrogens with zero attached hydrogens (tertiary/aromatic N) is 1. The van der Waals surface area contributed by atoms with Gasteiger partial charge in [-0.25, -0.2) is 4.79 Å². The van der Waals surface area contributed by atoms with E-state index < -0.39 is 6.03 Å². The average Bonchev–Trinajstić information content (AvgIpc) is 3.00. The van der Waals surface area contributed by atoms with Crippen molar-refractivity contribution in [1.82, 2.24) is 4.90 Å². The third-order valence-corrected chi connectivity index (χ3v) is 6.25. The van der Waals surface area contributed by atoms with Gasteiger partial charge in [0.2, 0.25) is 0 Å². The molecule has 31 heavy (non-hydrogen) atoms. The number of hydrogen-bond donors (Lipinski definition) is 2. The highest BCUT2D eigenvalue weighted by molar-refractivity contribution is 6.31. The zero-order valence-corrected chi connectivity index (χ0v) is 18.2. The first-order valence-corrected chi connectivity index (χ1v) is 10.7. The molecule has 1 aliphatic heterocycles. The third-order valence-electron chi connectivity index (χ3n) is 5.84. The number of urea groups is 1. The van der Waals surface area contributed by atoms with E-state index in [1.54, 1.807) is 30.3 Å². The molecule has 0 atom stereocenters. The zero-order valence-electron chi connectivity index (χ0n) is 17.5. The first-order chi connectivity index (χ1) is 14.9. The second-order valence-electron chi connectivity index (χ2n) is 7.91. The highest BCUT2D eigenvalue weighted by Crippen LogP contribution is 2.33. The summed E-state index contributed by atoms with van der Waals surface area (Å²) in [6, 6.07) is 7.59. The van der Waals surface area contributed by atoms with E-state index in [-0.39, 0.29) is 17.9 Å². The Morgan fingerprint density at radius 2 is 1.74 bits per heavy atom. The van der Waals surface area contributed by atoms with E-state index in [4.69, 9.17) is 16.3 Å². The summed E-state index contributed by atoms with van der Waals surface area (Å²) in [5.41, 5.74) is 2.40. The number of carbonyl (C=O) groups excluding carboxylic acids is 3. The van der Waals surface area contributed by atoms with Crippen LogP contribution in [0, 0.1) is 6.92 Å². The van der Waals surface area contributed by atoms with Crippen LogP contribution in [0.5, 0.6) is 5.75 Å². The SMILES string of the molecule is COc1cc(Cl)c(C)cc1NC(=O)Nc1ccc2c(c1)C(=O)N(C1CCCCC1)C2=O. The number of rotatable bonds is 4. The van der Waals surface area contributed by atoms with Crippen molar-refractivity contribution in [2.24, 2.45) is 0 Å². The molecule has 0 saturated heterocycles. The first-order valence-electron chi connectivity index (χ1n) is 10.3. The molecule has 1 heterocycles. The summed E-state index contributed by atoms with van der Waals surface area (Å²) in [5.74, 6) is -0.0983. The van der Waals surface area contributed by atoms with E-state index >= 15 is 0 Å². The molecule has 2 aromatic rings. The van der Waals surface area contributed by atoms with Crippen molar-refractivity contribution < 1.29 is 19.1 Å². The molecule has 0 aromatic heterocycles. The Morgan fingerprint density at radius 3 is 2.45 bits per heavy atom. The number of aryl methyl sites for hydroxylation is 1. The summed E-state index contributed by atoms with van der Waals surface area (Å²) in [4.78, 5) is 39.7. The second kappa shape index (κ2) is 8.59. The van der Waals surface area contributed by atoms with Crippen molar-refractivity contribution in [3.8, 4) is 5.75 Å². The standard InChI is InChI=1S/C23H24ClN3O4/c1-13-10-19(20(31-2)12-18(13)24)26-23(30)25-14-8-9-16-17(11-14)22(29)27(21(16)28)15-6-4-3-5-7-15/h8-12,15H,3-7H2,1-2H3,(H2,25,26,30).